The molecule has 2 atom stereocenters. The maximum Gasteiger partial charge on any atom is 0.0786 e. The average molecular weight is 219 g/mol. The Bertz CT molecular complexity index is 402. The number of fused-ring (bicyclic) bond motifs is 5. The van der Waals surface area contributed by atoms with Gasteiger partial charge in [-0.1, -0.05) is 36.4 Å². The van der Waals surface area contributed by atoms with Crippen molar-refractivity contribution < 1.29 is 0 Å². The summed E-state index contributed by atoms with van der Waals surface area (Å²) in [6.45, 7) is 6.17. The fraction of sp³-hybridized carbons (Fsp3) is 0.429. The lowest BCUT2D eigenvalue weighted by molar-refractivity contribution is 0.604. The van der Waals surface area contributed by atoms with E-state index < -0.39 is 0 Å². The zero-order valence-electron chi connectivity index (χ0n) is 8.96. The van der Waals surface area contributed by atoms with E-state index in [1.165, 1.54) is 24.0 Å². The van der Waals surface area contributed by atoms with E-state index in [0.29, 0.717) is 11.8 Å². The zero-order chi connectivity index (χ0) is 10.6. The summed E-state index contributed by atoms with van der Waals surface area (Å²) in [4.78, 5) is -0.191. The lowest BCUT2D eigenvalue weighted by Crippen LogP contribution is -2.25. The predicted molar refractivity (Wildman–Crippen MR) is 64.6 cm³/mol. The second-order valence-corrected chi connectivity index (χ2v) is 5.49. The molecule has 0 unspecified atom stereocenters. The van der Waals surface area contributed by atoms with Gasteiger partial charge in [0.15, 0.2) is 0 Å². The Labute approximate surface area is 96.0 Å². The molecule has 0 radical (unpaired) electrons. The van der Waals surface area contributed by atoms with Gasteiger partial charge >= 0.3 is 0 Å². The molecule has 1 heteroatoms. The number of halogens is 1. The third kappa shape index (κ3) is 0.986. The molecule has 0 amide bonds. The van der Waals surface area contributed by atoms with Gasteiger partial charge in [-0.25, -0.2) is 0 Å². The molecule has 2 bridgehead atoms. The van der Waals surface area contributed by atoms with Gasteiger partial charge in [0, 0.05) is 11.8 Å². The third-order valence-electron chi connectivity index (χ3n) is 4.16. The maximum absolute atomic E-state index is 6.83. The minimum Gasteiger partial charge on any atom is -0.113 e. The first-order valence-corrected chi connectivity index (χ1v) is 5.97. The molecule has 78 valence electrons. The first-order valence-electron chi connectivity index (χ1n) is 5.59. The van der Waals surface area contributed by atoms with Crippen LogP contribution < -0.4 is 0 Å². The normalized spacial score (nSPS) is 36.7. The second-order valence-electron chi connectivity index (χ2n) is 4.86. The van der Waals surface area contributed by atoms with E-state index in [9.17, 15) is 0 Å². The monoisotopic (exact) mass is 218 g/mol. The molecule has 0 saturated heterocycles. The Morgan fingerprint density at radius 2 is 1.73 bits per heavy atom. The van der Waals surface area contributed by atoms with Gasteiger partial charge in [-0.05, 0) is 30.9 Å². The van der Waals surface area contributed by atoms with Crippen molar-refractivity contribution in [3.05, 3.63) is 47.5 Å². The zero-order valence-corrected chi connectivity index (χ0v) is 9.72. The molecule has 2 aliphatic rings. The number of hydrogen-bond donors (Lipinski definition) is 0. The first-order chi connectivity index (χ1) is 7.15. The summed E-state index contributed by atoms with van der Waals surface area (Å²) in [7, 11) is 0. The third-order valence-corrected chi connectivity index (χ3v) is 5.01. The Hall–Kier alpha value is -0.750. The Kier molecular flexibility index (Phi) is 1.82. The van der Waals surface area contributed by atoms with E-state index >= 15 is 0 Å². The fourth-order valence-electron chi connectivity index (χ4n) is 3.50. The van der Waals surface area contributed by atoms with Gasteiger partial charge in [-0.15, -0.1) is 11.6 Å². The van der Waals surface area contributed by atoms with E-state index in [1.807, 2.05) is 0 Å². The van der Waals surface area contributed by atoms with Crippen molar-refractivity contribution in [2.75, 3.05) is 0 Å². The van der Waals surface area contributed by atoms with Gasteiger partial charge in [0.25, 0.3) is 0 Å². The van der Waals surface area contributed by atoms with E-state index in [-0.39, 0.29) is 4.87 Å². The van der Waals surface area contributed by atoms with Crippen LogP contribution in [0.3, 0.4) is 0 Å². The average Bonchev–Trinajstić information content (AvgIpc) is 2.70. The number of benzene rings is 1. The molecule has 0 heterocycles. The summed E-state index contributed by atoms with van der Waals surface area (Å²) in [6.07, 6.45) is 2.44. The van der Waals surface area contributed by atoms with E-state index in [1.54, 1.807) is 0 Å². The van der Waals surface area contributed by atoms with Crippen LogP contribution in [0.1, 0.15) is 42.7 Å². The molecule has 0 spiro atoms. The number of allylic oxidation sites excluding steroid dienone is 1. The van der Waals surface area contributed by atoms with Crippen LogP contribution in [-0.2, 0) is 0 Å². The SMILES string of the molecule is C=C(C)C1(Cl)[C@@H]2CC[C@@H]1c1ccccc12. The molecule has 2 aliphatic carbocycles. The Balaban J connectivity index is 2.20. The first kappa shape index (κ1) is 9.47. The highest BCUT2D eigenvalue weighted by molar-refractivity contribution is 6.28. The van der Waals surface area contributed by atoms with E-state index in [2.05, 4.69) is 37.8 Å². The smallest absolute Gasteiger partial charge is 0.0786 e. The Morgan fingerprint density at radius 3 is 2.13 bits per heavy atom. The maximum atomic E-state index is 6.83. The minimum atomic E-state index is -0.191. The van der Waals surface area contributed by atoms with Crippen molar-refractivity contribution in [3.8, 4) is 0 Å². The van der Waals surface area contributed by atoms with Gasteiger partial charge < -0.3 is 0 Å². The van der Waals surface area contributed by atoms with Gasteiger partial charge in [0.1, 0.15) is 0 Å². The molecule has 3 rings (SSSR count). The highest BCUT2D eigenvalue weighted by Crippen LogP contribution is 2.64. The molecule has 0 aromatic heterocycles. The van der Waals surface area contributed by atoms with Crippen LogP contribution in [0.15, 0.2) is 36.4 Å². The lowest BCUT2D eigenvalue weighted by Gasteiger charge is -2.28. The van der Waals surface area contributed by atoms with Crippen LogP contribution in [0.4, 0.5) is 0 Å². The lowest BCUT2D eigenvalue weighted by atomic mass is 9.88. The summed E-state index contributed by atoms with van der Waals surface area (Å²) < 4.78 is 0. The van der Waals surface area contributed by atoms with Gasteiger partial charge in [-0.2, -0.15) is 0 Å². The number of alkyl halides is 1. The van der Waals surface area contributed by atoms with Crippen molar-refractivity contribution >= 4 is 11.6 Å². The summed E-state index contributed by atoms with van der Waals surface area (Å²) in [5.74, 6) is 0.996. The summed E-state index contributed by atoms with van der Waals surface area (Å²) in [5, 5.41) is 0. The molecular weight excluding hydrogens is 204 g/mol. The fourth-order valence-corrected chi connectivity index (χ4v) is 3.95. The van der Waals surface area contributed by atoms with Gasteiger partial charge in [0.05, 0.1) is 4.87 Å². The van der Waals surface area contributed by atoms with Crippen LogP contribution in [0.25, 0.3) is 0 Å². The van der Waals surface area contributed by atoms with Crippen molar-refractivity contribution in [1.82, 2.24) is 0 Å². The predicted octanol–water partition coefficient (Wildman–Crippen LogP) is 4.21. The standard InChI is InChI=1S/C14H15Cl/c1-9(2)14(15)12-7-8-13(14)11-6-4-3-5-10(11)12/h3-6,12-13H,1,7-8H2,2H3/t12-,13-/m1/s1. The van der Waals surface area contributed by atoms with Gasteiger partial charge in [-0.3, -0.25) is 0 Å². The van der Waals surface area contributed by atoms with Crippen molar-refractivity contribution in [2.24, 2.45) is 0 Å². The molecule has 0 nitrogen and oxygen atoms in total. The quantitative estimate of drug-likeness (QED) is 0.489. The van der Waals surface area contributed by atoms with Crippen molar-refractivity contribution in [2.45, 2.75) is 36.5 Å². The van der Waals surface area contributed by atoms with Crippen molar-refractivity contribution in [1.29, 1.82) is 0 Å². The molecule has 1 fully saturated rings. The summed E-state index contributed by atoms with van der Waals surface area (Å²) in [5.41, 5.74) is 4.06. The van der Waals surface area contributed by atoms with Crippen molar-refractivity contribution in [3.63, 3.8) is 0 Å². The van der Waals surface area contributed by atoms with Crippen LogP contribution >= 0.6 is 11.6 Å². The summed E-state index contributed by atoms with van der Waals surface area (Å²) >= 11 is 6.83. The molecule has 1 aromatic rings. The van der Waals surface area contributed by atoms with Crippen LogP contribution in [0.2, 0.25) is 0 Å². The van der Waals surface area contributed by atoms with Crippen LogP contribution in [0, 0.1) is 0 Å². The van der Waals surface area contributed by atoms with E-state index in [4.69, 9.17) is 11.6 Å². The largest absolute Gasteiger partial charge is 0.113 e. The Morgan fingerprint density at radius 1 is 1.27 bits per heavy atom. The minimum absolute atomic E-state index is 0.191. The number of hydrogen-bond acceptors (Lipinski definition) is 0. The molecule has 1 aromatic carbocycles. The molecular formula is C14H15Cl. The van der Waals surface area contributed by atoms with E-state index in [0.717, 1.165) is 5.57 Å². The second kappa shape index (κ2) is 2.89. The van der Waals surface area contributed by atoms with Gasteiger partial charge in [0.2, 0.25) is 0 Å². The number of rotatable bonds is 1. The highest BCUT2D eigenvalue weighted by Gasteiger charge is 2.56. The van der Waals surface area contributed by atoms with Crippen LogP contribution in [-0.4, -0.2) is 4.87 Å². The topological polar surface area (TPSA) is 0 Å². The molecule has 0 N–H and O–H groups in total. The summed E-state index contributed by atoms with van der Waals surface area (Å²) in [6, 6.07) is 8.71. The van der Waals surface area contributed by atoms with Crippen LogP contribution in [0.5, 0.6) is 0 Å². The molecule has 1 saturated carbocycles. The molecule has 0 aliphatic heterocycles. The molecule has 15 heavy (non-hydrogen) atoms. The highest BCUT2D eigenvalue weighted by atomic mass is 35.5.